The van der Waals surface area contributed by atoms with Gasteiger partial charge in [0.15, 0.2) is 5.76 Å². The van der Waals surface area contributed by atoms with E-state index in [2.05, 4.69) is 5.32 Å². The third-order valence-corrected chi connectivity index (χ3v) is 5.94. The number of hydrogen-bond acceptors (Lipinski definition) is 6. The number of furan rings is 2. The van der Waals surface area contributed by atoms with E-state index in [0.29, 0.717) is 17.4 Å². The van der Waals surface area contributed by atoms with Gasteiger partial charge in [-0.3, -0.25) is 19.5 Å². The highest BCUT2D eigenvalue weighted by Gasteiger charge is 2.23. The van der Waals surface area contributed by atoms with E-state index >= 15 is 0 Å². The lowest BCUT2D eigenvalue weighted by atomic mass is 10.1. The third kappa shape index (κ3) is 5.52. The highest BCUT2D eigenvalue weighted by Crippen LogP contribution is 2.26. The van der Waals surface area contributed by atoms with Crippen LogP contribution >= 0.6 is 0 Å². The van der Waals surface area contributed by atoms with Gasteiger partial charge in [-0.1, -0.05) is 17.7 Å². The number of ether oxygens (including phenoxy) is 1. The first-order valence-electron chi connectivity index (χ1n) is 12.0. The Morgan fingerprint density at radius 2 is 1.71 bits per heavy atom. The topological polar surface area (TPSA) is 103 Å². The first-order valence-corrected chi connectivity index (χ1v) is 12.0. The van der Waals surface area contributed by atoms with Gasteiger partial charge in [0.25, 0.3) is 5.91 Å². The first kappa shape index (κ1) is 24.6. The molecule has 0 saturated carbocycles. The maximum atomic E-state index is 13.3. The molecule has 0 aliphatic rings. The van der Waals surface area contributed by atoms with E-state index in [-0.39, 0.29) is 18.8 Å². The van der Waals surface area contributed by atoms with Crippen LogP contribution in [0.4, 0.5) is 5.95 Å². The van der Waals surface area contributed by atoms with Crippen LogP contribution in [0, 0.1) is 6.92 Å². The van der Waals surface area contributed by atoms with E-state index in [1.807, 2.05) is 66.2 Å². The van der Waals surface area contributed by atoms with E-state index in [1.165, 1.54) is 17.4 Å². The minimum absolute atomic E-state index is 0.101. The van der Waals surface area contributed by atoms with Crippen LogP contribution in [-0.4, -0.2) is 39.9 Å². The zero-order chi connectivity index (χ0) is 26.5. The molecule has 3 heterocycles. The molecule has 0 unspecified atom stereocenters. The molecule has 9 heteroatoms. The maximum absolute atomic E-state index is 13.3. The fraction of sp³-hybridized carbons (Fsp3) is 0.138. The predicted octanol–water partition coefficient (Wildman–Crippen LogP) is 5.32. The van der Waals surface area contributed by atoms with Crippen LogP contribution in [0.1, 0.15) is 21.9 Å². The third-order valence-electron chi connectivity index (χ3n) is 5.94. The Labute approximate surface area is 219 Å². The summed E-state index contributed by atoms with van der Waals surface area (Å²) in [7, 11) is 1.61. The molecule has 0 fully saturated rings. The lowest BCUT2D eigenvalue weighted by Crippen LogP contribution is -2.37. The van der Waals surface area contributed by atoms with Gasteiger partial charge in [0.2, 0.25) is 11.9 Å². The lowest BCUT2D eigenvalue weighted by Gasteiger charge is -2.20. The molecule has 0 bridgehead atoms. The number of imidazole rings is 1. The number of anilines is 1. The molecule has 0 spiro atoms. The van der Waals surface area contributed by atoms with Crippen molar-refractivity contribution in [3.8, 4) is 22.7 Å². The van der Waals surface area contributed by atoms with Crippen molar-refractivity contribution in [2.24, 2.45) is 0 Å². The molecule has 0 aliphatic carbocycles. The van der Waals surface area contributed by atoms with Crippen LogP contribution in [0.25, 0.3) is 16.9 Å². The van der Waals surface area contributed by atoms with Crippen LogP contribution < -0.4 is 10.1 Å². The number of rotatable bonds is 9. The molecule has 9 nitrogen and oxygen atoms in total. The number of amides is 2. The summed E-state index contributed by atoms with van der Waals surface area (Å²) in [4.78, 5) is 32.4. The fourth-order valence-corrected chi connectivity index (χ4v) is 3.96. The summed E-state index contributed by atoms with van der Waals surface area (Å²) >= 11 is 0. The summed E-state index contributed by atoms with van der Waals surface area (Å²) in [5.41, 5.74) is 3.47. The monoisotopic (exact) mass is 510 g/mol. The van der Waals surface area contributed by atoms with E-state index in [0.717, 1.165) is 22.6 Å². The summed E-state index contributed by atoms with van der Waals surface area (Å²) in [6.45, 7) is 1.87. The van der Waals surface area contributed by atoms with Gasteiger partial charge in [-0.15, -0.1) is 0 Å². The molecular weight excluding hydrogens is 484 g/mol. The Balaban J connectivity index is 1.42. The van der Waals surface area contributed by atoms with E-state index in [4.69, 9.17) is 18.6 Å². The Hall–Kier alpha value is -5.05. The van der Waals surface area contributed by atoms with Gasteiger partial charge in [0.05, 0.1) is 31.9 Å². The molecule has 0 saturated heterocycles. The Bertz CT molecular complexity index is 1500. The van der Waals surface area contributed by atoms with Crippen molar-refractivity contribution < 1.29 is 23.2 Å². The van der Waals surface area contributed by atoms with Crippen molar-refractivity contribution in [1.29, 1.82) is 0 Å². The summed E-state index contributed by atoms with van der Waals surface area (Å²) in [6, 6.07) is 22.0. The molecule has 2 aromatic carbocycles. The van der Waals surface area contributed by atoms with Gasteiger partial charge in [0, 0.05) is 17.4 Å². The number of methoxy groups -OCH3 is 1. The van der Waals surface area contributed by atoms with E-state index in [1.54, 1.807) is 31.4 Å². The zero-order valence-corrected chi connectivity index (χ0v) is 21.0. The zero-order valence-electron chi connectivity index (χ0n) is 21.0. The Kier molecular flexibility index (Phi) is 7.08. The first-order chi connectivity index (χ1) is 18.5. The fourth-order valence-electron chi connectivity index (χ4n) is 3.96. The second kappa shape index (κ2) is 10.9. The van der Waals surface area contributed by atoms with Crippen LogP contribution in [0.5, 0.6) is 5.75 Å². The number of carbonyl (C=O) groups excluding carboxylic acids is 2. The summed E-state index contributed by atoms with van der Waals surface area (Å²) in [5.74, 6) is 0.887. The number of carbonyl (C=O) groups is 2. The second-order valence-electron chi connectivity index (χ2n) is 8.65. The van der Waals surface area contributed by atoms with Crippen LogP contribution in [-0.2, 0) is 11.3 Å². The number of hydrogen-bond donors (Lipinski definition) is 1. The van der Waals surface area contributed by atoms with Crippen molar-refractivity contribution in [2.45, 2.75) is 13.5 Å². The molecule has 1 N–H and O–H groups in total. The second-order valence-corrected chi connectivity index (χ2v) is 8.65. The SMILES string of the molecule is COc1ccc(-c2cn(-c3ccc(C)cc3)c(NC(=O)CN(Cc3ccco3)C(=O)c3ccco3)n2)cc1. The van der Waals surface area contributed by atoms with Crippen LogP contribution in [0.15, 0.2) is 100 Å². The van der Waals surface area contributed by atoms with Crippen molar-refractivity contribution in [1.82, 2.24) is 14.5 Å². The van der Waals surface area contributed by atoms with Gasteiger partial charge in [0.1, 0.15) is 18.1 Å². The number of nitrogens with zero attached hydrogens (tertiary/aromatic N) is 3. The van der Waals surface area contributed by atoms with Gasteiger partial charge in [-0.2, -0.15) is 0 Å². The summed E-state index contributed by atoms with van der Waals surface area (Å²) < 4.78 is 17.7. The molecule has 5 aromatic rings. The number of aryl methyl sites for hydroxylation is 1. The van der Waals surface area contributed by atoms with Gasteiger partial charge >= 0.3 is 0 Å². The molecule has 5 rings (SSSR count). The van der Waals surface area contributed by atoms with Crippen molar-refractivity contribution in [2.75, 3.05) is 19.0 Å². The average Bonchev–Trinajstić information content (AvgIpc) is 3.71. The number of nitrogens with one attached hydrogen (secondary N) is 1. The minimum Gasteiger partial charge on any atom is -0.497 e. The standard InChI is InChI=1S/C29H26N4O5/c1-20-7-11-22(12-8-20)33-18-25(21-9-13-23(36-2)14-10-21)30-29(33)31-27(34)19-32(17-24-5-3-15-37-24)28(35)26-6-4-16-38-26/h3-16,18H,17,19H2,1-2H3,(H,30,31,34). The highest BCUT2D eigenvalue weighted by molar-refractivity contribution is 5.97. The normalized spacial score (nSPS) is 10.8. The largest absolute Gasteiger partial charge is 0.497 e. The quantitative estimate of drug-likeness (QED) is 0.288. The Morgan fingerprint density at radius 1 is 0.974 bits per heavy atom. The molecule has 3 aromatic heterocycles. The summed E-state index contributed by atoms with van der Waals surface area (Å²) in [5, 5.41) is 2.88. The molecular formula is C29H26N4O5. The number of aromatic nitrogens is 2. The lowest BCUT2D eigenvalue weighted by molar-refractivity contribution is -0.117. The van der Waals surface area contributed by atoms with Crippen molar-refractivity contribution in [3.63, 3.8) is 0 Å². The maximum Gasteiger partial charge on any atom is 0.290 e. The van der Waals surface area contributed by atoms with Gasteiger partial charge < -0.3 is 18.5 Å². The van der Waals surface area contributed by atoms with Crippen molar-refractivity contribution in [3.05, 3.63) is 109 Å². The summed E-state index contributed by atoms with van der Waals surface area (Å²) in [6.07, 6.45) is 4.79. The van der Waals surface area contributed by atoms with Crippen LogP contribution in [0.2, 0.25) is 0 Å². The van der Waals surface area contributed by atoms with E-state index in [9.17, 15) is 9.59 Å². The van der Waals surface area contributed by atoms with Crippen LogP contribution in [0.3, 0.4) is 0 Å². The minimum atomic E-state index is -0.428. The Morgan fingerprint density at radius 3 is 2.37 bits per heavy atom. The molecule has 0 radical (unpaired) electrons. The van der Waals surface area contributed by atoms with E-state index < -0.39 is 11.8 Å². The molecule has 2 amide bonds. The van der Waals surface area contributed by atoms with Gasteiger partial charge in [-0.25, -0.2) is 4.98 Å². The molecule has 192 valence electrons. The molecule has 38 heavy (non-hydrogen) atoms. The predicted molar refractivity (Wildman–Crippen MR) is 141 cm³/mol. The smallest absolute Gasteiger partial charge is 0.290 e. The molecule has 0 aliphatic heterocycles. The molecule has 0 atom stereocenters. The van der Waals surface area contributed by atoms with Gasteiger partial charge in [-0.05, 0) is 67.6 Å². The highest BCUT2D eigenvalue weighted by atomic mass is 16.5. The van der Waals surface area contributed by atoms with Crippen molar-refractivity contribution >= 4 is 17.8 Å². The number of benzene rings is 2. The average molecular weight is 511 g/mol.